The van der Waals surface area contributed by atoms with Crippen LogP contribution < -0.4 is 15.2 Å². The fourth-order valence-corrected chi connectivity index (χ4v) is 2.37. The first-order valence-electron chi connectivity index (χ1n) is 7.72. The second-order valence-corrected chi connectivity index (χ2v) is 6.71. The second-order valence-electron chi connectivity index (χ2n) is 5.28. The number of hydrogen-bond acceptors (Lipinski definition) is 7. The van der Waals surface area contributed by atoms with Gasteiger partial charge in [0.05, 0.1) is 30.9 Å². The molecule has 0 fully saturated rings. The van der Waals surface area contributed by atoms with E-state index in [-0.39, 0.29) is 15.5 Å². The average Bonchev–Trinajstić information content (AvgIpc) is 2.65. The fourth-order valence-electron chi connectivity index (χ4n) is 1.89. The molecule has 29 heavy (non-hydrogen) atoms. The van der Waals surface area contributed by atoms with Gasteiger partial charge in [-0.2, -0.15) is 13.5 Å². The number of guanidine groups is 1. The Kier molecular flexibility index (Phi) is 10.3. The Hall–Kier alpha value is -3.19. The van der Waals surface area contributed by atoms with Crippen LogP contribution in [0.5, 0.6) is 11.5 Å². The zero-order chi connectivity index (χ0) is 21.3. The molecule has 2 aromatic rings. The lowest BCUT2D eigenvalue weighted by Crippen LogP contribution is -2.28. The molecule has 0 aliphatic carbocycles. The summed E-state index contributed by atoms with van der Waals surface area (Å²) in [4.78, 5) is -0.0666. The van der Waals surface area contributed by atoms with Gasteiger partial charge in [-0.05, 0) is 31.2 Å². The third-order valence-corrected chi connectivity index (χ3v) is 4.16. The van der Waals surface area contributed by atoms with Gasteiger partial charge in [0.15, 0.2) is 0 Å². The Bertz CT molecular complexity index is 909. The third kappa shape index (κ3) is 8.15. The summed E-state index contributed by atoms with van der Waals surface area (Å²) in [7, 11) is -1.00. The summed E-state index contributed by atoms with van der Waals surface area (Å²) in [5.74, 6) is 0.477. The van der Waals surface area contributed by atoms with Crippen LogP contribution in [0.25, 0.3) is 0 Å². The summed E-state index contributed by atoms with van der Waals surface area (Å²) in [6, 6.07) is 11.2. The minimum absolute atomic E-state index is 0. The summed E-state index contributed by atoms with van der Waals surface area (Å²) < 4.78 is 39.8. The van der Waals surface area contributed by atoms with E-state index in [4.69, 9.17) is 30.4 Å². The van der Waals surface area contributed by atoms with E-state index in [2.05, 4.69) is 5.10 Å². The molecule has 0 saturated carbocycles. The first kappa shape index (κ1) is 25.8. The van der Waals surface area contributed by atoms with E-state index in [0.717, 1.165) is 5.56 Å². The first-order chi connectivity index (χ1) is 13.1. The van der Waals surface area contributed by atoms with Gasteiger partial charge >= 0.3 is 0 Å². The van der Waals surface area contributed by atoms with Crippen molar-refractivity contribution >= 4 is 22.3 Å². The Morgan fingerprint density at radius 1 is 1.14 bits per heavy atom. The molecular weight excluding hydrogens is 404 g/mol. The SMILES string of the molecule is COc1cccc(OC)c1C=NN(O)C(=N)N.Cc1ccc(S(=O)(=O)O)cc1.O. The average molecular weight is 428 g/mol. The Morgan fingerprint density at radius 3 is 2.00 bits per heavy atom. The molecule has 0 heterocycles. The van der Waals surface area contributed by atoms with Crippen molar-refractivity contribution in [1.82, 2.24) is 5.17 Å². The molecule has 0 amide bonds. The van der Waals surface area contributed by atoms with Crippen molar-refractivity contribution in [2.75, 3.05) is 14.2 Å². The minimum Gasteiger partial charge on any atom is -0.496 e. The molecule has 11 nitrogen and oxygen atoms in total. The van der Waals surface area contributed by atoms with Gasteiger partial charge in [-0.25, -0.2) is 0 Å². The summed E-state index contributed by atoms with van der Waals surface area (Å²) in [6.45, 7) is 1.84. The number of nitrogens with zero attached hydrogens (tertiary/aromatic N) is 2. The van der Waals surface area contributed by atoms with Gasteiger partial charge in [-0.1, -0.05) is 23.8 Å². The van der Waals surface area contributed by atoms with E-state index >= 15 is 0 Å². The van der Waals surface area contributed by atoms with Crippen molar-refractivity contribution in [1.29, 1.82) is 5.41 Å². The Labute approximate surface area is 168 Å². The van der Waals surface area contributed by atoms with Crippen molar-refractivity contribution in [2.24, 2.45) is 10.8 Å². The lowest BCUT2D eigenvalue weighted by molar-refractivity contribution is -0.0139. The van der Waals surface area contributed by atoms with Gasteiger partial charge in [0.2, 0.25) is 5.96 Å². The molecule has 2 rings (SSSR count). The summed E-state index contributed by atoms with van der Waals surface area (Å²) in [6.07, 6.45) is 1.29. The molecule has 2 aromatic carbocycles. The first-order valence-corrected chi connectivity index (χ1v) is 9.16. The standard InChI is InChI=1S/C10H14N4O3.C7H8O3S.H2O/c1-16-8-4-3-5-9(17-2)7(8)6-13-14(15)10(11)12;1-6-2-4-7(5-3-6)11(8,9)10;/h3-6,15H,1-2H3,(H3,11,12);2-5H,1H3,(H,8,9,10);1H2. The van der Waals surface area contributed by atoms with Crippen LogP contribution in [0.3, 0.4) is 0 Å². The monoisotopic (exact) mass is 428 g/mol. The highest BCUT2D eigenvalue weighted by Crippen LogP contribution is 2.26. The highest BCUT2D eigenvalue weighted by molar-refractivity contribution is 7.85. The summed E-state index contributed by atoms with van der Waals surface area (Å²) in [5, 5.41) is 19.9. The van der Waals surface area contributed by atoms with Crippen molar-refractivity contribution in [2.45, 2.75) is 11.8 Å². The number of ether oxygens (including phenoxy) is 2. The maximum Gasteiger partial charge on any atom is 0.294 e. The van der Waals surface area contributed by atoms with Gasteiger partial charge in [-0.15, -0.1) is 5.17 Å². The lowest BCUT2D eigenvalue weighted by atomic mass is 10.2. The van der Waals surface area contributed by atoms with E-state index in [1.165, 1.54) is 32.6 Å². The molecule has 0 unspecified atom stereocenters. The number of hydrazone groups is 1. The highest BCUT2D eigenvalue weighted by atomic mass is 32.2. The van der Waals surface area contributed by atoms with Crippen LogP contribution in [0.2, 0.25) is 0 Å². The molecule has 0 bridgehead atoms. The van der Waals surface area contributed by atoms with Crippen LogP contribution >= 0.6 is 0 Å². The molecule has 0 aromatic heterocycles. The van der Waals surface area contributed by atoms with Gasteiger partial charge in [0.25, 0.3) is 10.1 Å². The van der Waals surface area contributed by atoms with E-state index in [1.807, 2.05) is 6.92 Å². The molecule has 12 heteroatoms. The van der Waals surface area contributed by atoms with E-state index in [9.17, 15) is 8.42 Å². The smallest absolute Gasteiger partial charge is 0.294 e. The number of nitrogens with one attached hydrogen (secondary N) is 1. The third-order valence-electron chi connectivity index (χ3n) is 3.30. The van der Waals surface area contributed by atoms with Crippen molar-refractivity contribution in [3.05, 3.63) is 53.6 Å². The number of benzene rings is 2. The van der Waals surface area contributed by atoms with Gasteiger partial charge < -0.3 is 20.7 Å². The molecule has 160 valence electrons. The molecule has 0 spiro atoms. The van der Waals surface area contributed by atoms with Crippen molar-refractivity contribution in [3.63, 3.8) is 0 Å². The van der Waals surface area contributed by atoms with Gasteiger partial charge in [-0.3, -0.25) is 15.2 Å². The van der Waals surface area contributed by atoms with E-state index in [0.29, 0.717) is 17.1 Å². The number of methoxy groups -OCH3 is 2. The van der Waals surface area contributed by atoms with E-state index in [1.54, 1.807) is 30.3 Å². The minimum atomic E-state index is -4.02. The molecule has 0 aliphatic heterocycles. The number of nitrogens with two attached hydrogens (primary N) is 1. The van der Waals surface area contributed by atoms with Crippen molar-refractivity contribution in [3.8, 4) is 11.5 Å². The predicted molar refractivity (Wildman–Crippen MR) is 107 cm³/mol. The second kappa shape index (κ2) is 11.6. The normalized spacial score (nSPS) is 10.4. The quantitative estimate of drug-likeness (QED) is 0.235. The predicted octanol–water partition coefficient (Wildman–Crippen LogP) is 1.04. The molecule has 0 aliphatic rings. The number of aryl methyl sites for hydroxylation is 1. The van der Waals surface area contributed by atoms with E-state index < -0.39 is 16.1 Å². The highest BCUT2D eigenvalue weighted by Gasteiger charge is 2.08. The number of rotatable bonds is 5. The number of hydrogen-bond donors (Lipinski definition) is 4. The topological polar surface area (TPSA) is 190 Å². The fraction of sp³-hybridized carbons (Fsp3) is 0.176. The molecule has 0 saturated heterocycles. The van der Waals surface area contributed by atoms with Crippen LogP contribution in [0, 0.1) is 12.3 Å². The molecular formula is C17H24N4O7S. The van der Waals surface area contributed by atoms with Crippen LogP contribution in [-0.4, -0.2) is 55.2 Å². The zero-order valence-electron chi connectivity index (χ0n) is 16.0. The maximum atomic E-state index is 10.5. The molecule has 0 radical (unpaired) electrons. The Morgan fingerprint density at radius 2 is 1.62 bits per heavy atom. The van der Waals surface area contributed by atoms with Crippen LogP contribution in [0.15, 0.2) is 52.5 Å². The van der Waals surface area contributed by atoms with Crippen molar-refractivity contribution < 1.29 is 33.1 Å². The zero-order valence-corrected chi connectivity index (χ0v) is 16.8. The van der Waals surface area contributed by atoms with Crippen LogP contribution in [0.1, 0.15) is 11.1 Å². The van der Waals surface area contributed by atoms with Gasteiger partial charge in [0, 0.05) is 0 Å². The molecule has 0 atom stereocenters. The lowest BCUT2D eigenvalue weighted by Gasteiger charge is -2.10. The summed E-state index contributed by atoms with van der Waals surface area (Å²) in [5.41, 5.74) is 6.52. The molecule has 7 N–H and O–H groups in total. The Balaban J connectivity index is 0.000000568. The van der Waals surface area contributed by atoms with Crippen LogP contribution in [0.4, 0.5) is 0 Å². The van der Waals surface area contributed by atoms with Gasteiger partial charge in [0.1, 0.15) is 11.5 Å². The van der Waals surface area contributed by atoms with Crippen LogP contribution in [-0.2, 0) is 10.1 Å². The number of hydroxylamine groups is 1. The summed E-state index contributed by atoms with van der Waals surface area (Å²) >= 11 is 0. The maximum absolute atomic E-state index is 10.5. The largest absolute Gasteiger partial charge is 0.496 e.